The van der Waals surface area contributed by atoms with E-state index in [2.05, 4.69) is 16.9 Å². The van der Waals surface area contributed by atoms with Crippen LogP contribution in [-0.2, 0) is 0 Å². The number of carbonyl (C=O) groups is 1. The van der Waals surface area contributed by atoms with Gasteiger partial charge in [-0.3, -0.25) is 9.69 Å². The van der Waals surface area contributed by atoms with E-state index in [9.17, 15) is 9.18 Å². The highest BCUT2D eigenvalue weighted by Crippen LogP contribution is 2.29. The van der Waals surface area contributed by atoms with Gasteiger partial charge in [0.15, 0.2) is 0 Å². The van der Waals surface area contributed by atoms with E-state index in [-0.39, 0.29) is 17.3 Å². The maximum absolute atomic E-state index is 13.3. The number of hydrogen-bond donors (Lipinski definition) is 1. The molecule has 5 nitrogen and oxygen atoms in total. The number of nitrogens with two attached hydrogens (primary N) is 1. The van der Waals surface area contributed by atoms with Crippen molar-refractivity contribution in [3.05, 3.63) is 23.6 Å². The molecule has 1 aromatic rings. The maximum atomic E-state index is 13.3. The topological polar surface area (TPSA) is 62.5 Å². The number of nitrogen functional groups attached to an aromatic ring is 1. The van der Waals surface area contributed by atoms with E-state index < -0.39 is 5.82 Å². The summed E-state index contributed by atoms with van der Waals surface area (Å²) in [6.07, 6.45) is 4.31. The van der Waals surface area contributed by atoms with Crippen LogP contribution in [0.15, 0.2) is 12.3 Å². The fourth-order valence-electron chi connectivity index (χ4n) is 3.28. The van der Waals surface area contributed by atoms with Crippen molar-refractivity contribution in [3.8, 4) is 0 Å². The molecule has 0 aliphatic carbocycles. The number of carbonyl (C=O) groups excluding carboxylic acids is 1. The molecule has 2 aliphatic heterocycles. The van der Waals surface area contributed by atoms with E-state index in [1.165, 1.54) is 12.5 Å². The Morgan fingerprint density at radius 3 is 2.95 bits per heavy atom. The molecule has 2 bridgehead atoms. The number of nitrogens with zero attached hydrogens (tertiary/aromatic N) is 3. The molecule has 6 heteroatoms. The second-order valence-electron chi connectivity index (χ2n) is 5.68. The Kier molecular flexibility index (Phi) is 3.33. The van der Waals surface area contributed by atoms with Crippen LogP contribution in [0.3, 0.4) is 0 Å². The molecular formula is C14H19FN4O. The molecule has 0 radical (unpaired) electrons. The molecule has 2 aliphatic rings. The van der Waals surface area contributed by atoms with Crippen LogP contribution in [0.4, 0.5) is 10.2 Å². The predicted molar refractivity (Wildman–Crippen MR) is 73.7 cm³/mol. The third-order valence-electron chi connectivity index (χ3n) is 4.55. The lowest BCUT2D eigenvalue weighted by molar-refractivity contribution is 0.0740. The Labute approximate surface area is 117 Å². The summed E-state index contributed by atoms with van der Waals surface area (Å²) in [6, 6.07) is 2.13. The molecule has 108 valence electrons. The van der Waals surface area contributed by atoms with E-state index >= 15 is 0 Å². The van der Waals surface area contributed by atoms with Crippen molar-refractivity contribution in [2.24, 2.45) is 0 Å². The van der Waals surface area contributed by atoms with Crippen LogP contribution in [0.5, 0.6) is 0 Å². The van der Waals surface area contributed by atoms with Crippen molar-refractivity contribution >= 4 is 11.7 Å². The molecule has 2 unspecified atom stereocenters. The number of likely N-dealkylation sites (N-methyl/N-ethyl adjacent to an activating group) is 1. The second kappa shape index (κ2) is 5.01. The second-order valence-corrected chi connectivity index (χ2v) is 5.68. The Morgan fingerprint density at radius 1 is 1.40 bits per heavy atom. The number of hydrogen-bond acceptors (Lipinski definition) is 4. The molecule has 0 spiro atoms. The smallest absolute Gasteiger partial charge is 0.257 e. The number of anilines is 1. The van der Waals surface area contributed by atoms with Gasteiger partial charge in [-0.25, -0.2) is 9.37 Å². The fourth-order valence-corrected chi connectivity index (χ4v) is 3.28. The standard InChI is InChI=1S/C14H19FN4O/c1-18-10-2-3-11(18)8-19(5-4-10)14(20)12-6-9(15)7-17-13(12)16/h6-7,10-11H,2-5,8H2,1H3,(H2,16,17). The number of aromatic nitrogens is 1. The molecule has 0 saturated carbocycles. The quantitative estimate of drug-likeness (QED) is 0.836. The molecule has 1 amide bonds. The first-order valence-electron chi connectivity index (χ1n) is 6.98. The van der Waals surface area contributed by atoms with Gasteiger partial charge in [-0.2, -0.15) is 0 Å². The Balaban J connectivity index is 1.82. The van der Waals surface area contributed by atoms with Crippen LogP contribution in [-0.4, -0.2) is 52.9 Å². The zero-order valence-corrected chi connectivity index (χ0v) is 11.6. The molecule has 2 atom stereocenters. The summed E-state index contributed by atoms with van der Waals surface area (Å²) in [4.78, 5) is 20.4. The minimum Gasteiger partial charge on any atom is -0.383 e. The number of fused-ring (bicyclic) bond motifs is 2. The molecule has 2 saturated heterocycles. The van der Waals surface area contributed by atoms with Gasteiger partial charge in [0.1, 0.15) is 11.6 Å². The van der Waals surface area contributed by atoms with Crippen LogP contribution in [0, 0.1) is 5.82 Å². The lowest BCUT2D eigenvalue weighted by Gasteiger charge is -2.26. The Morgan fingerprint density at radius 2 is 2.15 bits per heavy atom. The van der Waals surface area contributed by atoms with Gasteiger partial charge in [0.2, 0.25) is 0 Å². The monoisotopic (exact) mass is 278 g/mol. The lowest BCUT2D eigenvalue weighted by atomic mass is 10.1. The summed E-state index contributed by atoms with van der Waals surface area (Å²) >= 11 is 0. The maximum Gasteiger partial charge on any atom is 0.257 e. The highest BCUT2D eigenvalue weighted by molar-refractivity contribution is 5.98. The zero-order valence-electron chi connectivity index (χ0n) is 11.6. The normalized spacial score (nSPS) is 26.6. The number of likely N-dealkylation sites (tertiary alicyclic amines) is 1. The molecule has 20 heavy (non-hydrogen) atoms. The van der Waals surface area contributed by atoms with Crippen LogP contribution in [0.25, 0.3) is 0 Å². The van der Waals surface area contributed by atoms with Crippen molar-refractivity contribution in [1.82, 2.24) is 14.8 Å². The first-order chi connectivity index (χ1) is 9.56. The molecule has 2 fully saturated rings. The van der Waals surface area contributed by atoms with Crippen LogP contribution >= 0.6 is 0 Å². The van der Waals surface area contributed by atoms with Crippen molar-refractivity contribution in [2.75, 3.05) is 25.9 Å². The molecule has 3 rings (SSSR count). The third kappa shape index (κ3) is 2.24. The number of amides is 1. The summed E-state index contributed by atoms with van der Waals surface area (Å²) in [7, 11) is 2.12. The predicted octanol–water partition coefficient (Wildman–Crippen LogP) is 1.11. The van der Waals surface area contributed by atoms with E-state index in [1.54, 1.807) is 4.90 Å². The van der Waals surface area contributed by atoms with Gasteiger partial charge < -0.3 is 10.6 Å². The van der Waals surface area contributed by atoms with Gasteiger partial charge in [-0.15, -0.1) is 0 Å². The average molecular weight is 278 g/mol. The van der Waals surface area contributed by atoms with Gasteiger partial charge in [0.05, 0.1) is 11.8 Å². The van der Waals surface area contributed by atoms with Crippen molar-refractivity contribution in [2.45, 2.75) is 31.3 Å². The molecule has 1 aromatic heterocycles. The van der Waals surface area contributed by atoms with Crippen molar-refractivity contribution in [3.63, 3.8) is 0 Å². The molecular weight excluding hydrogens is 259 g/mol. The first-order valence-corrected chi connectivity index (χ1v) is 6.98. The molecule has 2 N–H and O–H groups in total. The van der Waals surface area contributed by atoms with E-state index in [1.807, 2.05) is 0 Å². The summed E-state index contributed by atoms with van der Waals surface area (Å²) in [5.74, 6) is -0.648. The summed E-state index contributed by atoms with van der Waals surface area (Å²) in [5.41, 5.74) is 5.88. The van der Waals surface area contributed by atoms with Crippen LogP contribution in [0.1, 0.15) is 29.6 Å². The van der Waals surface area contributed by atoms with Crippen molar-refractivity contribution < 1.29 is 9.18 Å². The first kappa shape index (κ1) is 13.3. The van der Waals surface area contributed by atoms with Gasteiger partial charge in [-0.05, 0) is 32.4 Å². The summed E-state index contributed by atoms with van der Waals surface area (Å²) in [6.45, 7) is 1.38. The van der Waals surface area contributed by atoms with Crippen LogP contribution < -0.4 is 5.73 Å². The summed E-state index contributed by atoms with van der Waals surface area (Å²) in [5, 5.41) is 0. The van der Waals surface area contributed by atoms with E-state index in [0.717, 1.165) is 19.0 Å². The minimum absolute atomic E-state index is 0.0964. The lowest BCUT2D eigenvalue weighted by Crippen LogP contribution is -2.40. The number of rotatable bonds is 1. The fraction of sp³-hybridized carbons (Fsp3) is 0.571. The average Bonchev–Trinajstić information content (AvgIpc) is 2.65. The molecule has 0 aromatic carbocycles. The SMILES string of the molecule is CN1C2CCC1CN(C(=O)c1cc(F)cnc1N)CC2. The number of halogens is 1. The van der Waals surface area contributed by atoms with E-state index in [0.29, 0.717) is 25.2 Å². The van der Waals surface area contributed by atoms with Gasteiger partial charge in [0.25, 0.3) is 5.91 Å². The third-order valence-corrected chi connectivity index (χ3v) is 4.55. The van der Waals surface area contributed by atoms with Gasteiger partial charge >= 0.3 is 0 Å². The molecule has 3 heterocycles. The minimum atomic E-state index is -0.531. The van der Waals surface area contributed by atoms with Gasteiger partial charge in [0, 0.05) is 25.2 Å². The van der Waals surface area contributed by atoms with E-state index in [4.69, 9.17) is 5.73 Å². The van der Waals surface area contributed by atoms with Crippen LogP contribution in [0.2, 0.25) is 0 Å². The Hall–Kier alpha value is -1.69. The number of pyridine rings is 1. The van der Waals surface area contributed by atoms with Crippen molar-refractivity contribution in [1.29, 1.82) is 0 Å². The largest absolute Gasteiger partial charge is 0.383 e. The Bertz CT molecular complexity index is 536. The highest BCUT2D eigenvalue weighted by Gasteiger charge is 2.36. The zero-order chi connectivity index (χ0) is 14.3. The van der Waals surface area contributed by atoms with Gasteiger partial charge in [-0.1, -0.05) is 0 Å². The highest BCUT2D eigenvalue weighted by atomic mass is 19.1. The summed E-state index contributed by atoms with van der Waals surface area (Å²) < 4.78 is 13.3.